The predicted molar refractivity (Wildman–Crippen MR) is 96.4 cm³/mol. The largest absolute Gasteiger partial charge is 0.377 e. The van der Waals surface area contributed by atoms with E-state index < -0.39 is 0 Å². The summed E-state index contributed by atoms with van der Waals surface area (Å²) in [5.41, 5.74) is 6.90. The maximum Gasteiger partial charge on any atom is 0.0554 e. The maximum atomic E-state index is 3.85. The van der Waals surface area contributed by atoms with Gasteiger partial charge in [-0.05, 0) is 55.0 Å². The third-order valence-electron chi connectivity index (χ3n) is 5.02. The van der Waals surface area contributed by atoms with E-state index in [-0.39, 0.29) is 0 Å². The third-order valence-corrected chi connectivity index (χ3v) is 5.51. The van der Waals surface area contributed by atoms with Crippen molar-refractivity contribution in [1.82, 2.24) is 0 Å². The lowest BCUT2D eigenvalue weighted by atomic mass is 9.76. The van der Waals surface area contributed by atoms with Crippen LogP contribution in [0.5, 0.6) is 0 Å². The fraction of sp³-hybridized carbons (Fsp3) is 0.300. The van der Waals surface area contributed by atoms with Crippen molar-refractivity contribution in [3.8, 4) is 0 Å². The Morgan fingerprint density at radius 3 is 2.82 bits per heavy atom. The zero-order valence-electron chi connectivity index (χ0n) is 12.9. The highest BCUT2D eigenvalue weighted by molar-refractivity contribution is 9.10. The Morgan fingerprint density at radius 1 is 1.14 bits per heavy atom. The summed E-state index contributed by atoms with van der Waals surface area (Å²) in [4.78, 5) is 0. The van der Waals surface area contributed by atoms with Gasteiger partial charge in [0.25, 0.3) is 0 Å². The van der Waals surface area contributed by atoms with Gasteiger partial charge >= 0.3 is 0 Å². The summed E-state index contributed by atoms with van der Waals surface area (Å²) >= 11 is 3.61. The highest BCUT2D eigenvalue weighted by Gasteiger charge is 2.38. The molecule has 4 rings (SSSR count). The Labute approximate surface area is 140 Å². The smallest absolute Gasteiger partial charge is 0.0554 e. The number of rotatable bonds is 1. The topological polar surface area (TPSA) is 12.0 Å². The number of hydrogen-bond acceptors (Lipinski definition) is 1. The molecule has 22 heavy (non-hydrogen) atoms. The van der Waals surface area contributed by atoms with Crippen LogP contribution in [0, 0.1) is 19.8 Å². The molecule has 0 amide bonds. The summed E-state index contributed by atoms with van der Waals surface area (Å²) in [6, 6.07) is 13.7. The first-order chi connectivity index (χ1) is 10.6. The number of fused-ring (bicyclic) bond motifs is 3. The molecule has 0 aromatic heterocycles. The molecule has 2 heteroatoms. The number of allylic oxidation sites excluding steroid dienone is 2. The first-order valence-electron chi connectivity index (χ1n) is 7.93. The average Bonchev–Trinajstić information content (AvgIpc) is 2.96. The Kier molecular flexibility index (Phi) is 3.37. The van der Waals surface area contributed by atoms with Crippen LogP contribution in [-0.4, -0.2) is 0 Å². The number of aryl methyl sites for hydroxylation is 2. The van der Waals surface area contributed by atoms with Crippen LogP contribution in [0.4, 0.5) is 5.69 Å². The summed E-state index contributed by atoms with van der Waals surface area (Å²) < 4.78 is 1.15. The van der Waals surface area contributed by atoms with Crippen LogP contribution >= 0.6 is 15.9 Å². The molecule has 0 radical (unpaired) electrons. The van der Waals surface area contributed by atoms with Crippen molar-refractivity contribution in [3.05, 3.63) is 75.3 Å². The minimum absolute atomic E-state index is 0.381. The standard InChI is InChI=1S/C20H20BrN/c1-12-9-13(2)19-18(10-12)16-7-4-8-17(16)20(22-19)14-5-3-6-15(21)11-14/h3-7,9-11,16-17,20,22H,8H2,1-2H3/t16-,17-,20-/m1/s1. The molecule has 112 valence electrons. The van der Waals surface area contributed by atoms with Crippen LogP contribution in [-0.2, 0) is 0 Å². The van der Waals surface area contributed by atoms with E-state index in [0.717, 1.165) is 10.9 Å². The lowest BCUT2D eigenvalue weighted by Gasteiger charge is -2.38. The van der Waals surface area contributed by atoms with Crippen molar-refractivity contribution in [3.63, 3.8) is 0 Å². The zero-order valence-corrected chi connectivity index (χ0v) is 14.5. The molecule has 1 nitrogen and oxygen atoms in total. The van der Waals surface area contributed by atoms with Crippen LogP contribution in [0.3, 0.4) is 0 Å². The molecular formula is C20H20BrN. The van der Waals surface area contributed by atoms with E-state index in [1.54, 1.807) is 0 Å². The molecule has 0 spiro atoms. The van der Waals surface area contributed by atoms with Gasteiger partial charge < -0.3 is 5.32 Å². The second-order valence-corrected chi connectivity index (χ2v) is 7.49. The molecule has 2 aromatic carbocycles. The minimum Gasteiger partial charge on any atom is -0.377 e. The van der Waals surface area contributed by atoms with E-state index in [1.807, 2.05) is 0 Å². The van der Waals surface area contributed by atoms with Crippen molar-refractivity contribution in [2.75, 3.05) is 5.32 Å². The van der Waals surface area contributed by atoms with E-state index >= 15 is 0 Å². The minimum atomic E-state index is 0.381. The molecule has 0 unspecified atom stereocenters. The van der Waals surface area contributed by atoms with Crippen molar-refractivity contribution < 1.29 is 0 Å². The predicted octanol–water partition coefficient (Wildman–Crippen LogP) is 5.89. The van der Waals surface area contributed by atoms with Crippen molar-refractivity contribution >= 4 is 21.6 Å². The SMILES string of the molecule is Cc1cc(C)c2c(c1)[C@@H]1C=CC[C@H]1[C@@H](c1cccc(Br)c1)N2. The highest BCUT2D eigenvalue weighted by Crippen LogP contribution is 2.50. The number of benzene rings is 2. The molecule has 0 bridgehead atoms. The molecule has 1 aliphatic heterocycles. The zero-order chi connectivity index (χ0) is 15.3. The van der Waals surface area contributed by atoms with Gasteiger partial charge in [0, 0.05) is 16.1 Å². The van der Waals surface area contributed by atoms with E-state index in [2.05, 4.69) is 83.6 Å². The molecule has 0 fully saturated rings. The monoisotopic (exact) mass is 353 g/mol. The van der Waals surface area contributed by atoms with E-state index in [1.165, 1.54) is 27.9 Å². The lowest BCUT2D eigenvalue weighted by Crippen LogP contribution is -2.29. The lowest BCUT2D eigenvalue weighted by molar-refractivity contribution is 0.425. The fourth-order valence-corrected chi connectivity index (χ4v) is 4.52. The summed E-state index contributed by atoms with van der Waals surface area (Å²) in [5, 5.41) is 3.85. The molecule has 2 aromatic rings. The second-order valence-electron chi connectivity index (χ2n) is 6.58. The van der Waals surface area contributed by atoms with Crippen molar-refractivity contribution in [2.45, 2.75) is 32.2 Å². The summed E-state index contributed by atoms with van der Waals surface area (Å²) in [5.74, 6) is 1.15. The Balaban J connectivity index is 1.84. The molecule has 0 saturated heterocycles. The number of halogens is 1. The normalized spacial score (nSPS) is 25.5. The van der Waals surface area contributed by atoms with Gasteiger partial charge in [0.2, 0.25) is 0 Å². The first-order valence-corrected chi connectivity index (χ1v) is 8.72. The fourth-order valence-electron chi connectivity index (χ4n) is 4.10. The number of anilines is 1. The van der Waals surface area contributed by atoms with Gasteiger partial charge in [-0.2, -0.15) is 0 Å². The van der Waals surface area contributed by atoms with E-state index in [9.17, 15) is 0 Å². The molecular weight excluding hydrogens is 334 g/mol. The van der Waals surface area contributed by atoms with Gasteiger partial charge in [-0.3, -0.25) is 0 Å². The van der Waals surface area contributed by atoms with Gasteiger partial charge in [-0.15, -0.1) is 0 Å². The third kappa shape index (κ3) is 2.21. The Hall–Kier alpha value is -1.54. The van der Waals surface area contributed by atoms with Gasteiger partial charge in [0.1, 0.15) is 0 Å². The summed E-state index contributed by atoms with van der Waals surface area (Å²) in [6.45, 7) is 4.41. The molecule has 0 saturated carbocycles. The molecule has 3 atom stereocenters. The van der Waals surface area contributed by atoms with E-state index in [0.29, 0.717) is 17.9 Å². The Morgan fingerprint density at radius 2 is 2.00 bits per heavy atom. The van der Waals surface area contributed by atoms with Crippen LogP contribution in [0.25, 0.3) is 0 Å². The van der Waals surface area contributed by atoms with Crippen LogP contribution in [0.2, 0.25) is 0 Å². The van der Waals surface area contributed by atoms with Crippen LogP contribution < -0.4 is 5.32 Å². The average molecular weight is 354 g/mol. The quantitative estimate of drug-likeness (QED) is 0.630. The van der Waals surface area contributed by atoms with Crippen LogP contribution in [0.1, 0.15) is 40.6 Å². The highest BCUT2D eigenvalue weighted by atomic mass is 79.9. The van der Waals surface area contributed by atoms with Gasteiger partial charge in [-0.25, -0.2) is 0 Å². The van der Waals surface area contributed by atoms with Gasteiger partial charge in [-0.1, -0.05) is 57.9 Å². The maximum absolute atomic E-state index is 3.85. The molecule has 2 aliphatic rings. The number of nitrogens with one attached hydrogen (secondary N) is 1. The first kappa shape index (κ1) is 14.1. The summed E-state index contributed by atoms with van der Waals surface area (Å²) in [7, 11) is 0. The van der Waals surface area contributed by atoms with Crippen molar-refractivity contribution in [2.24, 2.45) is 5.92 Å². The van der Waals surface area contributed by atoms with Gasteiger partial charge in [0.15, 0.2) is 0 Å². The summed E-state index contributed by atoms with van der Waals surface area (Å²) in [6.07, 6.45) is 5.92. The van der Waals surface area contributed by atoms with Gasteiger partial charge in [0.05, 0.1) is 6.04 Å². The molecule has 1 aliphatic carbocycles. The van der Waals surface area contributed by atoms with E-state index in [4.69, 9.17) is 0 Å². The molecule has 1 heterocycles. The Bertz CT molecular complexity index is 762. The van der Waals surface area contributed by atoms with Crippen molar-refractivity contribution in [1.29, 1.82) is 0 Å². The molecule has 1 N–H and O–H groups in total. The van der Waals surface area contributed by atoms with Crippen LogP contribution in [0.15, 0.2) is 53.0 Å². The number of hydrogen-bond donors (Lipinski definition) is 1. The second kappa shape index (κ2) is 5.27.